The van der Waals surface area contributed by atoms with Crippen LogP contribution in [0.2, 0.25) is 0 Å². The number of aromatic nitrogens is 1. The Bertz CT molecular complexity index is 1230. The molecule has 5 heteroatoms. The van der Waals surface area contributed by atoms with Crippen LogP contribution >= 0.6 is 0 Å². The number of amides is 1. The SMILES string of the molecule is COc1ccccc1-c1cc(C(=O)N/N=C\c2ccc(C)cc2)c2ccccc2n1. The summed E-state index contributed by atoms with van der Waals surface area (Å²) >= 11 is 0. The summed E-state index contributed by atoms with van der Waals surface area (Å²) in [5.74, 6) is 0.400. The van der Waals surface area contributed by atoms with Crippen LogP contribution in [0, 0.1) is 6.92 Å². The Morgan fingerprint density at radius 3 is 2.53 bits per heavy atom. The Kier molecular flexibility index (Phi) is 5.52. The van der Waals surface area contributed by atoms with Crippen LogP contribution in [0.3, 0.4) is 0 Å². The van der Waals surface area contributed by atoms with Gasteiger partial charge >= 0.3 is 0 Å². The maximum absolute atomic E-state index is 13.0. The molecule has 148 valence electrons. The maximum atomic E-state index is 13.0. The predicted molar refractivity (Wildman–Crippen MR) is 120 cm³/mol. The Morgan fingerprint density at radius 2 is 1.73 bits per heavy atom. The number of nitrogens with zero attached hydrogens (tertiary/aromatic N) is 2. The quantitative estimate of drug-likeness (QED) is 0.383. The normalized spacial score (nSPS) is 11.0. The number of hydrogen-bond donors (Lipinski definition) is 1. The molecule has 4 aromatic rings. The molecule has 0 radical (unpaired) electrons. The number of hydrogen-bond acceptors (Lipinski definition) is 4. The van der Waals surface area contributed by atoms with E-state index in [0.717, 1.165) is 22.0 Å². The van der Waals surface area contributed by atoms with Crippen LogP contribution in [0.15, 0.2) is 84.0 Å². The van der Waals surface area contributed by atoms with E-state index in [1.807, 2.05) is 79.7 Å². The first-order valence-corrected chi connectivity index (χ1v) is 9.59. The number of carbonyl (C=O) groups excluding carboxylic acids is 1. The second-order valence-electron chi connectivity index (χ2n) is 6.88. The summed E-state index contributed by atoms with van der Waals surface area (Å²) in [6.45, 7) is 2.02. The van der Waals surface area contributed by atoms with E-state index in [9.17, 15) is 4.79 Å². The lowest BCUT2D eigenvalue weighted by atomic mass is 10.0. The Hall–Kier alpha value is -3.99. The first kappa shape index (κ1) is 19.3. The van der Waals surface area contributed by atoms with Gasteiger partial charge < -0.3 is 4.74 Å². The highest BCUT2D eigenvalue weighted by atomic mass is 16.5. The molecule has 0 bridgehead atoms. The molecule has 5 nitrogen and oxygen atoms in total. The average Bonchev–Trinajstić information content (AvgIpc) is 2.79. The van der Waals surface area contributed by atoms with E-state index in [1.54, 1.807) is 19.4 Å². The molecular formula is C25H21N3O2. The van der Waals surface area contributed by atoms with E-state index < -0.39 is 0 Å². The summed E-state index contributed by atoms with van der Waals surface area (Å²) in [6, 6.07) is 24.8. The summed E-state index contributed by atoms with van der Waals surface area (Å²) in [4.78, 5) is 17.7. The zero-order valence-corrected chi connectivity index (χ0v) is 16.8. The number of hydrazone groups is 1. The lowest BCUT2D eigenvalue weighted by molar-refractivity contribution is 0.0956. The fourth-order valence-electron chi connectivity index (χ4n) is 3.24. The smallest absolute Gasteiger partial charge is 0.272 e. The van der Waals surface area contributed by atoms with Gasteiger partial charge in [0, 0.05) is 10.9 Å². The Balaban J connectivity index is 1.70. The second-order valence-corrected chi connectivity index (χ2v) is 6.88. The third-order valence-electron chi connectivity index (χ3n) is 4.80. The van der Waals surface area contributed by atoms with Crippen LogP contribution in [0.5, 0.6) is 5.75 Å². The van der Waals surface area contributed by atoms with E-state index in [-0.39, 0.29) is 5.91 Å². The number of fused-ring (bicyclic) bond motifs is 1. The monoisotopic (exact) mass is 395 g/mol. The minimum absolute atomic E-state index is 0.298. The van der Waals surface area contributed by atoms with Crippen molar-refractivity contribution in [1.82, 2.24) is 10.4 Å². The van der Waals surface area contributed by atoms with Crippen LogP contribution in [0.4, 0.5) is 0 Å². The summed E-state index contributed by atoms with van der Waals surface area (Å²) in [5.41, 5.74) is 7.44. The standard InChI is InChI=1S/C25H21N3O2/c1-17-11-13-18(14-12-17)16-26-28-25(29)21-15-23(20-8-4-6-10-24(20)30-2)27-22-9-5-3-7-19(21)22/h3-16H,1-2H3,(H,28,29)/b26-16-. The van der Waals surface area contributed by atoms with Gasteiger partial charge in [0.1, 0.15) is 5.75 Å². The van der Waals surface area contributed by atoms with Crippen molar-refractivity contribution in [3.63, 3.8) is 0 Å². The minimum atomic E-state index is -0.298. The molecule has 0 fully saturated rings. The van der Waals surface area contributed by atoms with Gasteiger partial charge in [-0.15, -0.1) is 0 Å². The fraction of sp³-hybridized carbons (Fsp3) is 0.0800. The lowest BCUT2D eigenvalue weighted by Gasteiger charge is -2.11. The van der Waals surface area contributed by atoms with Crippen LogP contribution in [-0.4, -0.2) is 24.2 Å². The number of carbonyl (C=O) groups is 1. The van der Waals surface area contributed by atoms with Crippen LogP contribution in [0.1, 0.15) is 21.5 Å². The van der Waals surface area contributed by atoms with E-state index in [2.05, 4.69) is 10.5 Å². The van der Waals surface area contributed by atoms with E-state index in [0.29, 0.717) is 17.0 Å². The first-order valence-electron chi connectivity index (χ1n) is 9.59. The summed E-state index contributed by atoms with van der Waals surface area (Å²) < 4.78 is 5.47. The molecule has 0 atom stereocenters. The Labute approximate surface area is 175 Å². The molecule has 0 saturated heterocycles. The molecule has 1 N–H and O–H groups in total. The average molecular weight is 395 g/mol. The van der Waals surface area contributed by atoms with Crippen molar-refractivity contribution >= 4 is 23.0 Å². The van der Waals surface area contributed by atoms with Crippen LogP contribution in [0.25, 0.3) is 22.2 Å². The van der Waals surface area contributed by atoms with Crippen molar-refractivity contribution in [1.29, 1.82) is 0 Å². The van der Waals surface area contributed by atoms with Gasteiger partial charge in [-0.05, 0) is 36.8 Å². The lowest BCUT2D eigenvalue weighted by Crippen LogP contribution is -2.18. The van der Waals surface area contributed by atoms with E-state index in [1.165, 1.54) is 5.56 Å². The summed E-state index contributed by atoms with van der Waals surface area (Å²) in [5, 5.41) is 4.88. The molecule has 1 amide bonds. The molecule has 0 unspecified atom stereocenters. The van der Waals surface area contributed by atoms with Gasteiger partial charge in [-0.1, -0.05) is 60.2 Å². The minimum Gasteiger partial charge on any atom is -0.496 e. The van der Waals surface area contributed by atoms with E-state index >= 15 is 0 Å². The van der Waals surface area contributed by atoms with Crippen LogP contribution in [-0.2, 0) is 0 Å². The predicted octanol–water partition coefficient (Wildman–Crippen LogP) is 4.98. The molecule has 1 heterocycles. The molecule has 4 rings (SSSR count). The fourth-order valence-corrected chi connectivity index (χ4v) is 3.24. The number of methoxy groups -OCH3 is 1. The van der Waals surface area contributed by atoms with Crippen molar-refractivity contribution in [3.8, 4) is 17.0 Å². The third kappa shape index (κ3) is 4.05. The molecule has 0 spiro atoms. The van der Waals surface area contributed by atoms with Crippen molar-refractivity contribution in [2.24, 2.45) is 5.10 Å². The van der Waals surface area contributed by atoms with Crippen molar-refractivity contribution in [2.75, 3.05) is 7.11 Å². The van der Waals surface area contributed by atoms with E-state index in [4.69, 9.17) is 9.72 Å². The summed E-state index contributed by atoms with van der Waals surface area (Å²) in [6.07, 6.45) is 1.63. The number of nitrogens with one attached hydrogen (secondary N) is 1. The number of rotatable bonds is 5. The molecule has 0 aliphatic rings. The second kappa shape index (κ2) is 8.57. The molecular weight excluding hydrogens is 374 g/mol. The number of aryl methyl sites for hydroxylation is 1. The van der Waals surface area contributed by atoms with Gasteiger partial charge in [-0.2, -0.15) is 5.10 Å². The number of pyridine rings is 1. The number of benzene rings is 3. The third-order valence-corrected chi connectivity index (χ3v) is 4.80. The molecule has 0 aliphatic heterocycles. The highest BCUT2D eigenvalue weighted by Gasteiger charge is 2.15. The van der Waals surface area contributed by atoms with Gasteiger partial charge in [0.25, 0.3) is 5.91 Å². The van der Waals surface area contributed by atoms with Gasteiger partial charge in [0.2, 0.25) is 0 Å². The molecule has 30 heavy (non-hydrogen) atoms. The maximum Gasteiger partial charge on any atom is 0.272 e. The Morgan fingerprint density at radius 1 is 1.00 bits per heavy atom. The van der Waals surface area contributed by atoms with Gasteiger partial charge in [0.05, 0.1) is 30.1 Å². The molecule has 1 aromatic heterocycles. The topological polar surface area (TPSA) is 63.6 Å². The zero-order valence-electron chi connectivity index (χ0n) is 16.8. The molecule has 3 aromatic carbocycles. The first-order chi connectivity index (χ1) is 14.7. The van der Waals surface area contributed by atoms with Crippen molar-refractivity contribution in [2.45, 2.75) is 6.92 Å². The zero-order chi connectivity index (χ0) is 20.9. The van der Waals surface area contributed by atoms with Gasteiger partial charge in [-0.3, -0.25) is 4.79 Å². The van der Waals surface area contributed by atoms with Crippen molar-refractivity contribution < 1.29 is 9.53 Å². The number of ether oxygens (including phenoxy) is 1. The van der Waals surface area contributed by atoms with Gasteiger partial charge in [-0.25, -0.2) is 10.4 Å². The molecule has 0 saturated carbocycles. The number of para-hydroxylation sites is 2. The molecule has 0 aliphatic carbocycles. The van der Waals surface area contributed by atoms with Gasteiger partial charge in [0.15, 0.2) is 0 Å². The van der Waals surface area contributed by atoms with Crippen LogP contribution < -0.4 is 10.2 Å². The van der Waals surface area contributed by atoms with Crippen molar-refractivity contribution in [3.05, 3.63) is 95.6 Å². The highest BCUT2D eigenvalue weighted by Crippen LogP contribution is 2.31. The summed E-state index contributed by atoms with van der Waals surface area (Å²) in [7, 11) is 1.62. The highest BCUT2D eigenvalue weighted by molar-refractivity contribution is 6.07. The largest absolute Gasteiger partial charge is 0.496 e.